The molecule has 0 bridgehead atoms. The predicted octanol–water partition coefficient (Wildman–Crippen LogP) is 3.67. The molecule has 1 saturated heterocycles. The van der Waals surface area contributed by atoms with Gasteiger partial charge in [-0.25, -0.2) is 0 Å². The molecule has 3 heterocycles. The SMILES string of the molecule is C=C(CN)N1CCCc2[nH]nc(C(=O)N3CCC(c4ccccc4C(F)(F)F)CC3)c2C1. The standard InChI is InChI=1S/C23H28F3N5O/c1-15(13-27)31-10-4-7-20-18(14-31)21(29-28-20)22(32)30-11-8-16(9-12-30)17-5-2-3-6-19(17)23(24,25)26/h2-3,5-6,16H,1,4,7-14,27H2,(H,28,29). The molecular formula is C23H28F3N5O. The first-order valence-electron chi connectivity index (χ1n) is 10.9. The van der Waals surface area contributed by atoms with Crippen LogP contribution in [0.15, 0.2) is 36.5 Å². The summed E-state index contributed by atoms with van der Waals surface area (Å²) in [4.78, 5) is 17.0. The van der Waals surface area contributed by atoms with Crippen LogP contribution in [0.3, 0.4) is 0 Å². The van der Waals surface area contributed by atoms with Crippen molar-refractivity contribution in [3.05, 3.63) is 64.6 Å². The van der Waals surface area contributed by atoms with Crippen LogP contribution < -0.4 is 5.73 Å². The van der Waals surface area contributed by atoms with E-state index in [-0.39, 0.29) is 11.8 Å². The number of carbonyl (C=O) groups excluding carboxylic acids is 1. The number of hydrogen-bond acceptors (Lipinski definition) is 4. The van der Waals surface area contributed by atoms with Crippen LogP contribution in [0, 0.1) is 0 Å². The average molecular weight is 448 g/mol. The number of rotatable bonds is 4. The zero-order chi connectivity index (χ0) is 22.9. The number of halogens is 3. The molecule has 3 N–H and O–H groups in total. The van der Waals surface area contributed by atoms with Gasteiger partial charge < -0.3 is 15.5 Å². The first-order chi connectivity index (χ1) is 15.3. The lowest BCUT2D eigenvalue weighted by Gasteiger charge is -2.33. The predicted molar refractivity (Wildman–Crippen MR) is 115 cm³/mol. The number of nitrogens with one attached hydrogen (secondary N) is 1. The van der Waals surface area contributed by atoms with Crippen molar-refractivity contribution in [2.45, 2.75) is 44.3 Å². The Morgan fingerprint density at radius 2 is 1.91 bits per heavy atom. The van der Waals surface area contributed by atoms with Crippen LogP contribution in [-0.2, 0) is 19.1 Å². The first kappa shape index (κ1) is 22.4. The molecule has 2 aliphatic rings. The van der Waals surface area contributed by atoms with E-state index in [1.165, 1.54) is 6.07 Å². The normalized spacial score (nSPS) is 17.8. The number of aromatic nitrogens is 2. The average Bonchev–Trinajstić information content (AvgIpc) is 3.07. The fourth-order valence-corrected chi connectivity index (χ4v) is 4.73. The zero-order valence-corrected chi connectivity index (χ0v) is 17.9. The lowest BCUT2D eigenvalue weighted by atomic mass is 9.86. The molecule has 0 radical (unpaired) electrons. The molecule has 0 saturated carbocycles. The Morgan fingerprint density at radius 3 is 2.59 bits per heavy atom. The van der Waals surface area contributed by atoms with Gasteiger partial charge in [-0.1, -0.05) is 24.8 Å². The van der Waals surface area contributed by atoms with E-state index in [0.717, 1.165) is 42.4 Å². The summed E-state index contributed by atoms with van der Waals surface area (Å²) in [5.41, 5.74) is 8.52. The molecule has 0 unspecified atom stereocenters. The summed E-state index contributed by atoms with van der Waals surface area (Å²) in [7, 11) is 0. The monoisotopic (exact) mass is 447 g/mol. The van der Waals surface area contributed by atoms with Crippen molar-refractivity contribution >= 4 is 5.91 Å². The molecule has 1 aromatic heterocycles. The number of nitrogens with two attached hydrogens (primary N) is 1. The van der Waals surface area contributed by atoms with Gasteiger partial charge in [-0.15, -0.1) is 0 Å². The van der Waals surface area contributed by atoms with Crippen molar-refractivity contribution in [3.8, 4) is 0 Å². The summed E-state index contributed by atoms with van der Waals surface area (Å²) in [5.74, 6) is -0.401. The Labute approximate surface area is 185 Å². The summed E-state index contributed by atoms with van der Waals surface area (Å²) < 4.78 is 40.2. The second kappa shape index (κ2) is 8.97. The Balaban J connectivity index is 1.48. The number of aryl methyl sites for hydroxylation is 1. The maximum Gasteiger partial charge on any atom is 0.416 e. The van der Waals surface area contributed by atoms with Crippen LogP contribution >= 0.6 is 0 Å². The minimum atomic E-state index is -4.38. The molecule has 1 aromatic carbocycles. The highest BCUT2D eigenvalue weighted by Gasteiger charge is 2.36. The van der Waals surface area contributed by atoms with Crippen molar-refractivity contribution in [2.75, 3.05) is 26.2 Å². The maximum absolute atomic E-state index is 13.4. The number of H-pyrrole nitrogens is 1. The zero-order valence-electron chi connectivity index (χ0n) is 17.9. The van der Waals surface area contributed by atoms with Gasteiger partial charge in [0.2, 0.25) is 0 Å². The number of hydrogen-bond donors (Lipinski definition) is 2. The van der Waals surface area contributed by atoms with Gasteiger partial charge in [0.05, 0.1) is 5.56 Å². The first-order valence-corrected chi connectivity index (χ1v) is 10.9. The number of alkyl halides is 3. The molecule has 6 nitrogen and oxygen atoms in total. The molecule has 4 rings (SSSR count). The minimum absolute atomic E-state index is 0.176. The highest BCUT2D eigenvalue weighted by atomic mass is 19.4. The summed E-state index contributed by atoms with van der Waals surface area (Å²) in [6, 6.07) is 5.74. The molecule has 172 valence electrons. The third-order valence-electron chi connectivity index (χ3n) is 6.53. The lowest BCUT2D eigenvalue weighted by molar-refractivity contribution is -0.138. The molecule has 0 aliphatic carbocycles. The summed E-state index contributed by atoms with van der Waals surface area (Å²) >= 11 is 0. The van der Waals surface area contributed by atoms with Crippen LogP contribution in [0.5, 0.6) is 0 Å². The molecule has 9 heteroatoms. The second-order valence-electron chi connectivity index (χ2n) is 8.48. The smallest absolute Gasteiger partial charge is 0.370 e. The van der Waals surface area contributed by atoms with E-state index >= 15 is 0 Å². The van der Waals surface area contributed by atoms with E-state index in [0.29, 0.717) is 50.3 Å². The van der Waals surface area contributed by atoms with Gasteiger partial charge in [-0.05, 0) is 43.2 Å². The molecular weight excluding hydrogens is 419 g/mol. The Morgan fingerprint density at radius 1 is 1.19 bits per heavy atom. The van der Waals surface area contributed by atoms with Crippen molar-refractivity contribution in [1.29, 1.82) is 0 Å². The van der Waals surface area contributed by atoms with Gasteiger partial charge in [0, 0.05) is 49.7 Å². The lowest BCUT2D eigenvalue weighted by Crippen LogP contribution is -2.39. The van der Waals surface area contributed by atoms with Crippen molar-refractivity contribution in [1.82, 2.24) is 20.0 Å². The van der Waals surface area contributed by atoms with E-state index < -0.39 is 11.7 Å². The fourth-order valence-electron chi connectivity index (χ4n) is 4.73. The second-order valence-corrected chi connectivity index (χ2v) is 8.48. The summed E-state index contributed by atoms with van der Waals surface area (Å²) in [6.45, 7) is 6.51. The van der Waals surface area contributed by atoms with Gasteiger partial charge in [-0.3, -0.25) is 9.89 Å². The number of amides is 1. The number of fused-ring (bicyclic) bond motifs is 1. The van der Waals surface area contributed by atoms with Gasteiger partial charge in [-0.2, -0.15) is 18.3 Å². The molecule has 1 fully saturated rings. The van der Waals surface area contributed by atoms with Gasteiger partial charge in [0.15, 0.2) is 5.69 Å². The number of aromatic amines is 1. The number of likely N-dealkylation sites (tertiary alicyclic amines) is 1. The van der Waals surface area contributed by atoms with Crippen LogP contribution in [-0.4, -0.2) is 52.1 Å². The maximum atomic E-state index is 13.4. The Hall–Kier alpha value is -2.81. The Kier molecular flexibility index (Phi) is 6.28. The highest BCUT2D eigenvalue weighted by molar-refractivity contribution is 5.94. The minimum Gasteiger partial charge on any atom is -0.370 e. The number of nitrogens with zero attached hydrogens (tertiary/aromatic N) is 3. The van der Waals surface area contributed by atoms with Crippen molar-refractivity contribution in [2.24, 2.45) is 5.73 Å². The quantitative estimate of drug-likeness (QED) is 0.750. The molecule has 2 aliphatic heterocycles. The van der Waals surface area contributed by atoms with Crippen LogP contribution in [0.4, 0.5) is 13.2 Å². The summed E-state index contributed by atoms with van der Waals surface area (Å²) in [5, 5.41) is 7.32. The van der Waals surface area contributed by atoms with Crippen molar-refractivity contribution < 1.29 is 18.0 Å². The molecule has 2 aromatic rings. The molecule has 1 amide bonds. The van der Waals surface area contributed by atoms with Gasteiger partial charge in [0.1, 0.15) is 0 Å². The van der Waals surface area contributed by atoms with E-state index in [1.54, 1.807) is 17.0 Å². The number of benzene rings is 1. The largest absolute Gasteiger partial charge is 0.416 e. The summed E-state index contributed by atoms with van der Waals surface area (Å²) in [6.07, 6.45) is -1.70. The van der Waals surface area contributed by atoms with Crippen molar-refractivity contribution in [3.63, 3.8) is 0 Å². The van der Waals surface area contributed by atoms with Gasteiger partial charge >= 0.3 is 6.18 Å². The molecule has 0 spiro atoms. The third-order valence-corrected chi connectivity index (χ3v) is 6.53. The third kappa shape index (κ3) is 4.39. The molecule has 32 heavy (non-hydrogen) atoms. The van der Waals surface area contributed by atoms with Crippen LogP contribution in [0.1, 0.15) is 58.1 Å². The molecule has 0 atom stereocenters. The van der Waals surface area contributed by atoms with E-state index in [9.17, 15) is 18.0 Å². The number of carbonyl (C=O) groups is 1. The fraction of sp³-hybridized carbons (Fsp3) is 0.478. The van der Waals surface area contributed by atoms with Crippen LogP contribution in [0.25, 0.3) is 0 Å². The number of piperidine rings is 1. The van der Waals surface area contributed by atoms with E-state index in [4.69, 9.17) is 5.73 Å². The van der Waals surface area contributed by atoms with Gasteiger partial charge in [0.25, 0.3) is 5.91 Å². The van der Waals surface area contributed by atoms with E-state index in [1.807, 2.05) is 0 Å². The van der Waals surface area contributed by atoms with Crippen LogP contribution in [0.2, 0.25) is 0 Å². The van der Waals surface area contributed by atoms with E-state index in [2.05, 4.69) is 21.7 Å². The highest BCUT2D eigenvalue weighted by Crippen LogP contribution is 2.39. The Bertz CT molecular complexity index is 992. The topological polar surface area (TPSA) is 78.2 Å².